The molecule has 0 saturated carbocycles. The van der Waals surface area contributed by atoms with Crippen molar-refractivity contribution in [3.8, 4) is 5.75 Å². The normalized spacial score (nSPS) is 11.3. The van der Waals surface area contributed by atoms with Crippen LogP contribution in [-0.4, -0.2) is 31.3 Å². The Bertz CT molecular complexity index is 402. The van der Waals surface area contributed by atoms with Crippen LogP contribution in [0.4, 0.5) is 0 Å². The Morgan fingerprint density at radius 2 is 2.17 bits per heavy atom. The van der Waals surface area contributed by atoms with Gasteiger partial charge in [-0.25, -0.2) is 0 Å². The maximum absolute atomic E-state index is 10.9. The van der Waals surface area contributed by atoms with Crippen molar-refractivity contribution in [1.29, 1.82) is 0 Å². The number of hydrogen-bond donors (Lipinski definition) is 2. The first-order chi connectivity index (χ1) is 8.45. The van der Waals surface area contributed by atoms with Crippen molar-refractivity contribution < 1.29 is 14.6 Å². The molecule has 4 heteroatoms. The summed E-state index contributed by atoms with van der Waals surface area (Å²) in [5.41, 5.74) is 0.448. The van der Waals surface area contributed by atoms with Gasteiger partial charge in [0.05, 0.1) is 12.5 Å². The molecule has 18 heavy (non-hydrogen) atoms. The molecule has 1 rings (SSSR count). The molecule has 0 aliphatic rings. The second-order valence-corrected chi connectivity index (χ2v) is 4.97. The predicted octanol–water partition coefficient (Wildman–Crippen LogP) is 1.94. The van der Waals surface area contributed by atoms with E-state index in [0.717, 1.165) is 18.7 Å². The van der Waals surface area contributed by atoms with Crippen LogP contribution >= 0.6 is 0 Å². The highest BCUT2D eigenvalue weighted by Crippen LogP contribution is 2.14. The van der Waals surface area contributed by atoms with E-state index in [9.17, 15) is 4.79 Å². The van der Waals surface area contributed by atoms with Crippen LogP contribution in [-0.2, 0) is 11.2 Å². The number of aliphatic carboxylic acids is 1. The number of carboxylic acids is 1. The summed E-state index contributed by atoms with van der Waals surface area (Å²) in [7, 11) is 1.65. The quantitative estimate of drug-likeness (QED) is 0.727. The van der Waals surface area contributed by atoms with Gasteiger partial charge in [-0.1, -0.05) is 12.1 Å². The lowest BCUT2D eigenvalue weighted by Gasteiger charge is -2.19. The average molecular weight is 251 g/mol. The minimum absolute atomic E-state index is 0.465. The molecule has 0 unspecified atom stereocenters. The molecule has 100 valence electrons. The van der Waals surface area contributed by atoms with Crippen LogP contribution in [0.1, 0.15) is 19.4 Å². The van der Waals surface area contributed by atoms with E-state index in [1.807, 2.05) is 24.3 Å². The standard InChI is InChI=1S/C14H21NO3/c1-14(2,13(16)17)10-15-8-7-11-5-4-6-12(9-11)18-3/h4-6,9,15H,7-8,10H2,1-3H3,(H,16,17). The fourth-order valence-electron chi connectivity index (χ4n) is 1.54. The van der Waals surface area contributed by atoms with Crippen LogP contribution in [0, 0.1) is 5.41 Å². The SMILES string of the molecule is COc1cccc(CCNCC(C)(C)C(=O)O)c1. The smallest absolute Gasteiger partial charge is 0.310 e. The van der Waals surface area contributed by atoms with Gasteiger partial charge in [-0.2, -0.15) is 0 Å². The van der Waals surface area contributed by atoms with Crippen molar-refractivity contribution in [3.63, 3.8) is 0 Å². The molecule has 0 aliphatic carbocycles. The van der Waals surface area contributed by atoms with Crippen LogP contribution in [0.3, 0.4) is 0 Å². The van der Waals surface area contributed by atoms with Crippen LogP contribution in [0.25, 0.3) is 0 Å². The van der Waals surface area contributed by atoms with Crippen molar-refractivity contribution in [2.75, 3.05) is 20.2 Å². The number of carbonyl (C=O) groups is 1. The predicted molar refractivity (Wildman–Crippen MR) is 71.0 cm³/mol. The van der Waals surface area contributed by atoms with Gasteiger partial charge < -0.3 is 15.2 Å². The van der Waals surface area contributed by atoms with Gasteiger partial charge in [0.15, 0.2) is 0 Å². The fraction of sp³-hybridized carbons (Fsp3) is 0.500. The number of methoxy groups -OCH3 is 1. The van der Waals surface area contributed by atoms with E-state index < -0.39 is 11.4 Å². The molecule has 0 heterocycles. The molecule has 0 atom stereocenters. The Kier molecular flexibility index (Phi) is 5.16. The number of benzene rings is 1. The van der Waals surface area contributed by atoms with Gasteiger partial charge in [-0.15, -0.1) is 0 Å². The minimum atomic E-state index is -0.781. The minimum Gasteiger partial charge on any atom is -0.497 e. The van der Waals surface area contributed by atoms with Crippen LogP contribution in [0.2, 0.25) is 0 Å². The van der Waals surface area contributed by atoms with Gasteiger partial charge in [0.2, 0.25) is 0 Å². The summed E-state index contributed by atoms with van der Waals surface area (Å²) in [6.07, 6.45) is 0.854. The largest absolute Gasteiger partial charge is 0.497 e. The summed E-state index contributed by atoms with van der Waals surface area (Å²) >= 11 is 0. The third kappa shape index (κ3) is 4.37. The van der Waals surface area contributed by atoms with E-state index in [0.29, 0.717) is 6.54 Å². The second kappa shape index (κ2) is 6.40. The zero-order valence-corrected chi connectivity index (χ0v) is 11.2. The van der Waals surface area contributed by atoms with Gasteiger partial charge in [0.1, 0.15) is 5.75 Å². The van der Waals surface area contributed by atoms with E-state index in [2.05, 4.69) is 5.32 Å². The molecule has 0 aromatic heterocycles. The number of nitrogens with one attached hydrogen (secondary N) is 1. The third-order valence-corrected chi connectivity index (χ3v) is 2.87. The zero-order chi connectivity index (χ0) is 13.6. The molecular formula is C14H21NO3. The first kappa shape index (κ1) is 14.5. The summed E-state index contributed by atoms with van der Waals surface area (Å²) in [6.45, 7) is 4.65. The lowest BCUT2D eigenvalue weighted by molar-refractivity contribution is -0.146. The second-order valence-electron chi connectivity index (χ2n) is 4.97. The third-order valence-electron chi connectivity index (χ3n) is 2.87. The molecule has 0 spiro atoms. The van der Waals surface area contributed by atoms with E-state index in [-0.39, 0.29) is 0 Å². The molecule has 0 aliphatic heterocycles. The summed E-state index contributed by atoms with van der Waals surface area (Å²) in [5, 5.41) is 12.1. The Hall–Kier alpha value is -1.55. The van der Waals surface area contributed by atoms with E-state index >= 15 is 0 Å². The molecule has 2 N–H and O–H groups in total. The molecule has 0 radical (unpaired) electrons. The molecule has 0 bridgehead atoms. The first-order valence-corrected chi connectivity index (χ1v) is 6.03. The topological polar surface area (TPSA) is 58.6 Å². The van der Waals surface area contributed by atoms with Crippen molar-refractivity contribution in [2.24, 2.45) is 5.41 Å². The Morgan fingerprint density at radius 1 is 1.44 bits per heavy atom. The Balaban J connectivity index is 2.36. The molecular weight excluding hydrogens is 230 g/mol. The molecule has 0 saturated heterocycles. The molecule has 1 aromatic rings. The fourth-order valence-corrected chi connectivity index (χ4v) is 1.54. The maximum Gasteiger partial charge on any atom is 0.310 e. The molecule has 4 nitrogen and oxygen atoms in total. The maximum atomic E-state index is 10.9. The molecule has 1 aromatic carbocycles. The first-order valence-electron chi connectivity index (χ1n) is 6.03. The highest BCUT2D eigenvalue weighted by Gasteiger charge is 2.26. The summed E-state index contributed by atoms with van der Waals surface area (Å²) in [4.78, 5) is 10.9. The van der Waals surface area contributed by atoms with Crippen molar-refractivity contribution in [3.05, 3.63) is 29.8 Å². The monoisotopic (exact) mass is 251 g/mol. The van der Waals surface area contributed by atoms with Crippen LogP contribution in [0.15, 0.2) is 24.3 Å². The van der Waals surface area contributed by atoms with E-state index in [1.165, 1.54) is 5.56 Å². The van der Waals surface area contributed by atoms with Gasteiger partial charge in [0, 0.05) is 6.54 Å². The Morgan fingerprint density at radius 3 is 2.78 bits per heavy atom. The molecule has 0 amide bonds. The van der Waals surface area contributed by atoms with E-state index in [4.69, 9.17) is 9.84 Å². The van der Waals surface area contributed by atoms with Gasteiger partial charge in [-0.05, 0) is 44.5 Å². The summed E-state index contributed by atoms with van der Waals surface area (Å²) in [6, 6.07) is 7.89. The number of carboxylic acid groups (broad SMARTS) is 1. The zero-order valence-electron chi connectivity index (χ0n) is 11.2. The van der Waals surface area contributed by atoms with Gasteiger partial charge >= 0.3 is 5.97 Å². The average Bonchev–Trinajstić information content (AvgIpc) is 2.35. The van der Waals surface area contributed by atoms with Gasteiger partial charge in [-0.3, -0.25) is 4.79 Å². The van der Waals surface area contributed by atoms with Crippen LogP contribution < -0.4 is 10.1 Å². The van der Waals surface area contributed by atoms with E-state index in [1.54, 1.807) is 21.0 Å². The van der Waals surface area contributed by atoms with Crippen molar-refractivity contribution in [2.45, 2.75) is 20.3 Å². The number of hydrogen-bond acceptors (Lipinski definition) is 3. The highest BCUT2D eigenvalue weighted by atomic mass is 16.5. The number of ether oxygens (including phenoxy) is 1. The summed E-state index contributed by atoms with van der Waals surface area (Å²) in [5.74, 6) is 0.0646. The molecule has 0 fully saturated rings. The lowest BCUT2D eigenvalue weighted by Crippen LogP contribution is -2.36. The lowest BCUT2D eigenvalue weighted by atomic mass is 9.94. The highest BCUT2D eigenvalue weighted by molar-refractivity contribution is 5.73. The Labute approximate surface area is 108 Å². The summed E-state index contributed by atoms with van der Waals surface area (Å²) < 4.78 is 5.15. The van der Waals surface area contributed by atoms with Crippen molar-refractivity contribution >= 4 is 5.97 Å². The van der Waals surface area contributed by atoms with Crippen molar-refractivity contribution in [1.82, 2.24) is 5.32 Å². The van der Waals surface area contributed by atoms with Crippen LogP contribution in [0.5, 0.6) is 5.75 Å². The van der Waals surface area contributed by atoms with Gasteiger partial charge in [0.25, 0.3) is 0 Å². The number of rotatable bonds is 7.